The van der Waals surface area contributed by atoms with Gasteiger partial charge in [0.1, 0.15) is 0 Å². The molecule has 2 aromatic heterocycles. The van der Waals surface area contributed by atoms with Crippen LogP contribution < -0.4 is 10.6 Å². The van der Waals surface area contributed by atoms with Crippen LogP contribution in [0.5, 0.6) is 0 Å². The first-order valence-corrected chi connectivity index (χ1v) is 11.4. The minimum Gasteiger partial charge on any atom is -0.390 e. The molecule has 0 aromatic carbocycles. The van der Waals surface area contributed by atoms with Crippen LogP contribution in [-0.4, -0.2) is 37.8 Å². The molecule has 2 fully saturated rings. The van der Waals surface area contributed by atoms with E-state index in [4.69, 9.17) is 4.98 Å². The minimum absolute atomic E-state index is 0.0843. The van der Waals surface area contributed by atoms with Crippen LogP contribution in [-0.2, 0) is 0 Å². The highest BCUT2D eigenvalue weighted by atomic mass is 32.1. The predicted octanol–water partition coefficient (Wildman–Crippen LogP) is 4.80. The number of piperidine rings is 1. The molecule has 5 nitrogen and oxygen atoms in total. The molecule has 2 aromatic rings. The number of anilines is 1. The SMILES string of the molecule is CC1(C)CC(Nc2nccc(-c3ccc([C@H]4C[C@@H]4C(C)(C)O)s3)n2)CC(C)(C)N1. The number of nitrogens with one attached hydrogen (secondary N) is 2. The minimum atomic E-state index is -0.600. The Morgan fingerprint density at radius 3 is 2.45 bits per heavy atom. The first-order chi connectivity index (χ1) is 13.4. The fraction of sp³-hybridized carbons (Fsp3) is 0.652. The molecule has 1 saturated carbocycles. The van der Waals surface area contributed by atoms with Gasteiger partial charge in [0.05, 0.1) is 16.2 Å². The van der Waals surface area contributed by atoms with Crippen molar-refractivity contribution in [3.8, 4) is 10.6 Å². The summed E-state index contributed by atoms with van der Waals surface area (Å²) >= 11 is 1.79. The molecule has 0 bridgehead atoms. The molecule has 4 rings (SSSR count). The van der Waals surface area contributed by atoms with Crippen molar-refractivity contribution < 1.29 is 5.11 Å². The zero-order chi connectivity index (χ0) is 21.0. The summed E-state index contributed by atoms with van der Waals surface area (Å²) in [6.07, 6.45) is 4.99. The second-order valence-corrected chi connectivity index (χ2v) is 11.8. The molecule has 1 aliphatic heterocycles. The largest absolute Gasteiger partial charge is 0.390 e. The Bertz CT molecular complexity index is 867. The van der Waals surface area contributed by atoms with E-state index in [2.05, 4.69) is 55.4 Å². The standard InChI is InChI=1S/C23H34N4OS/c1-21(2)12-14(13-22(3,4)27-21)25-20-24-10-9-17(26-20)19-8-7-18(29-19)15-11-16(15)23(5,6)28/h7-10,14-16,27-28H,11-13H2,1-6H3,(H,24,25,26)/t15-,16-/m0/s1. The molecule has 6 heteroatoms. The fourth-order valence-electron chi connectivity index (χ4n) is 5.15. The van der Waals surface area contributed by atoms with Gasteiger partial charge in [0.25, 0.3) is 0 Å². The fourth-order valence-corrected chi connectivity index (χ4v) is 6.31. The zero-order valence-corrected chi connectivity index (χ0v) is 19.2. The van der Waals surface area contributed by atoms with Crippen molar-refractivity contribution in [1.29, 1.82) is 0 Å². The molecule has 1 aliphatic carbocycles. The number of hydrogen-bond acceptors (Lipinski definition) is 6. The van der Waals surface area contributed by atoms with Crippen LogP contribution >= 0.6 is 11.3 Å². The summed E-state index contributed by atoms with van der Waals surface area (Å²) in [7, 11) is 0. The maximum Gasteiger partial charge on any atom is 0.223 e. The van der Waals surface area contributed by atoms with Crippen LogP contribution in [0.4, 0.5) is 5.95 Å². The highest BCUT2D eigenvalue weighted by Crippen LogP contribution is 2.55. The molecule has 0 radical (unpaired) electrons. The molecule has 0 unspecified atom stereocenters. The summed E-state index contributed by atoms with van der Waals surface area (Å²) in [5.41, 5.74) is 0.533. The Balaban J connectivity index is 1.47. The lowest BCUT2D eigenvalue weighted by Gasteiger charge is -2.46. The topological polar surface area (TPSA) is 70.1 Å². The number of thiophene rings is 1. The van der Waals surface area contributed by atoms with E-state index in [1.807, 2.05) is 26.1 Å². The second-order valence-electron chi connectivity index (χ2n) is 10.7. The average Bonchev–Trinajstić information content (AvgIpc) is 3.23. The van der Waals surface area contributed by atoms with E-state index >= 15 is 0 Å². The van der Waals surface area contributed by atoms with Crippen LogP contribution in [0.2, 0.25) is 0 Å². The Morgan fingerprint density at radius 2 is 1.83 bits per heavy atom. The van der Waals surface area contributed by atoms with E-state index in [9.17, 15) is 5.11 Å². The molecule has 0 amide bonds. The number of aromatic nitrogens is 2. The normalized spacial score (nSPS) is 26.3. The van der Waals surface area contributed by atoms with Crippen molar-refractivity contribution in [2.75, 3.05) is 5.32 Å². The van der Waals surface area contributed by atoms with Gasteiger partial charge in [-0.05, 0) is 90.8 Å². The van der Waals surface area contributed by atoms with E-state index in [1.54, 1.807) is 11.3 Å². The lowest BCUT2D eigenvalue weighted by molar-refractivity contribution is 0.0547. The van der Waals surface area contributed by atoms with Crippen LogP contribution in [0.1, 0.15) is 71.6 Å². The van der Waals surface area contributed by atoms with Gasteiger partial charge >= 0.3 is 0 Å². The third-order valence-electron chi connectivity index (χ3n) is 6.12. The van der Waals surface area contributed by atoms with Gasteiger partial charge in [-0.1, -0.05) is 0 Å². The van der Waals surface area contributed by atoms with Gasteiger partial charge in [0, 0.05) is 28.2 Å². The predicted molar refractivity (Wildman–Crippen MR) is 120 cm³/mol. The maximum atomic E-state index is 10.3. The van der Waals surface area contributed by atoms with Crippen LogP contribution in [0, 0.1) is 5.92 Å². The van der Waals surface area contributed by atoms with E-state index in [0.717, 1.165) is 29.8 Å². The van der Waals surface area contributed by atoms with Crippen molar-refractivity contribution >= 4 is 17.3 Å². The molecule has 29 heavy (non-hydrogen) atoms. The molecular formula is C23H34N4OS. The monoisotopic (exact) mass is 414 g/mol. The molecule has 3 heterocycles. The Hall–Kier alpha value is -1.50. The molecule has 2 aliphatic rings. The molecule has 3 N–H and O–H groups in total. The first-order valence-electron chi connectivity index (χ1n) is 10.6. The van der Waals surface area contributed by atoms with Crippen molar-refractivity contribution in [2.45, 2.75) is 89.4 Å². The summed E-state index contributed by atoms with van der Waals surface area (Å²) in [5, 5.41) is 17.6. The lowest BCUT2D eigenvalue weighted by Crippen LogP contribution is -2.60. The molecule has 0 spiro atoms. The number of nitrogens with zero attached hydrogens (tertiary/aromatic N) is 2. The third-order valence-corrected chi connectivity index (χ3v) is 7.36. The van der Waals surface area contributed by atoms with Crippen molar-refractivity contribution in [1.82, 2.24) is 15.3 Å². The molecule has 2 atom stereocenters. The van der Waals surface area contributed by atoms with Gasteiger partial charge in [-0.2, -0.15) is 0 Å². The summed E-state index contributed by atoms with van der Waals surface area (Å²) in [5.74, 6) is 1.55. The van der Waals surface area contributed by atoms with Gasteiger partial charge in [-0.15, -0.1) is 11.3 Å². The van der Waals surface area contributed by atoms with Crippen LogP contribution in [0.25, 0.3) is 10.6 Å². The average molecular weight is 415 g/mol. The quantitative estimate of drug-likeness (QED) is 0.655. The van der Waals surface area contributed by atoms with Crippen LogP contribution in [0.3, 0.4) is 0 Å². The Morgan fingerprint density at radius 1 is 1.14 bits per heavy atom. The highest BCUT2D eigenvalue weighted by molar-refractivity contribution is 7.15. The van der Waals surface area contributed by atoms with Crippen molar-refractivity contribution in [3.05, 3.63) is 29.3 Å². The molecular weight excluding hydrogens is 380 g/mol. The van der Waals surface area contributed by atoms with Gasteiger partial charge in [-0.3, -0.25) is 0 Å². The number of rotatable bonds is 5. The summed E-state index contributed by atoms with van der Waals surface area (Å²) < 4.78 is 0. The van der Waals surface area contributed by atoms with Gasteiger partial charge in [0.15, 0.2) is 0 Å². The van der Waals surface area contributed by atoms with Crippen molar-refractivity contribution in [3.63, 3.8) is 0 Å². The molecule has 158 valence electrons. The maximum absolute atomic E-state index is 10.3. The van der Waals surface area contributed by atoms with Crippen molar-refractivity contribution in [2.24, 2.45) is 5.92 Å². The third kappa shape index (κ3) is 4.81. The first kappa shape index (κ1) is 20.8. The van der Waals surface area contributed by atoms with Gasteiger partial charge in [-0.25, -0.2) is 9.97 Å². The second kappa shape index (κ2) is 7.03. The van der Waals surface area contributed by atoms with E-state index < -0.39 is 5.60 Å². The van der Waals surface area contributed by atoms with Gasteiger partial charge < -0.3 is 15.7 Å². The van der Waals surface area contributed by atoms with Crippen LogP contribution in [0.15, 0.2) is 24.4 Å². The number of hydrogen-bond donors (Lipinski definition) is 3. The number of aliphatic hydroxyl groups is 1. The van der Waals surface area contributed by atoms with E-state index in [1.165, 1.54) is 4.88 Å². The summed E-state index contributed by atoms with van der Waals surface area (Å²) in [6, 6.07) is 6.68. The highest BCUT2D eigenvalue weighted by Gasteiger charge is 2.48. The van der Waals surface area contributed by atoms with Gasteiger partial charge in [0.2, 0.25) is 5.95 Å². The van der Waals surface area contributed by atoms with E-state index in [0.29, 0.717) is 23.8 Å². The van der Waals surface area contributed by atoms with E-state index in [-0.39, 0.29) is 11.1 Å². The lowest BCUT2D eigenvalue weighted by atomic mass is 9.80. The zero-order valence-electron chi connectivity index (χ0n) is 18.4. The Labute approximate surface area is 178 Å². The summed E-state index contributed by atoms with van der Waals surface area (Å²) in [4.78, 5) is 11.8. The smallest absolute Gasteiger partial charge is 0.223 e. The summed E-state index contributed by atoms with van der Waals surface area (Å²) in [6.45, 7) is 12.9. The molecule has 1 saturated heterocycles. The Kier molecular flexibility index (Phi) is 5.03.